The fourth-order valence-corrected chi connectivity index (χ4v) is 2.44. The van der Waals surface area contributed by atoms with Gasteiger partial charge in [-0.1, -0.05) is 43.7 Å². The van der Waals surface area contributed by atoms with Gasteiger partial charge < -0.3 is 5.32 Å². The highest BCUT2D eigenvalue weighted by molar-refractivity contribution is 5.93. The van der Waals surface area contributed by atoms with Crippen molar-refractivity contribution in [2.45, 2.75) is 39.5 Å². The van der Waals surface area contributed by atoms with E-state index in [2.05, 4.69) is 24.4 Å². The van der Waals surface area contributed by atoms with Crippen molar-refractivity contribution in [1.82, 2.24) is 0 Å². The first kappa shape index (κ1) is 17.7. The Morgan fingerprint density at radius 2 is 1.79 bits per heavy atom. The van der Waals surface area contributed by atoms with Crippen LogP contribution in [0.15, 0.2) is 42.5 Å². The minimum Gasteiger partial charge on any atom is -0.325 e. The van der Waals surface area contributed by atoms with E-state index in [4.69, 9.17) is 0 Å². The number of non-ortho nitro benzene ring substituents is 1. The molecule has 1 N–H and O–H groups in total. The molecule has 0 aliphatic heterocycles. The molecule has 126 valence electrons. The van der Waals surface area contributed by atoms with Gasteiger partial charge in [0.05, 0.1) is 17.0 Å². The number of carbonyl (C=O) groups is 1. The number of anilines is 1. The van der Waals surface area contributed by atoms with E-state index in [0.717, 1.165) is 30.4 Å². The summed E-state index contributed by atoms with van der Waals surface area (Å²) in [4.78, 5) is 22.6. The van der Waals surface area contributed by atoms with Crippen LogP contribution in [0.25, 0.3) is 0 Å². The van der Waals surface area contributed by atoms with Crippen LogP contribution < -0.4 is 5.32 Å². The summed E-state index contributed by atoms with van der Waals surface area (Å²) in [5.74, 6) is -0.181. The molecule has 0 bridgehead atoms. The lowest BCUT2D eigenvalue weighted by atomic mass is 10.0. The van der Waals surface area contributed by atoms with Gasteiger partial charge in [0.15, 0.2) is 0 Å². The average Bonchev–Trinajstić information content (AvgIpc) is 2.56. The Kier molecular flexibility index (Phi) is 6.07. The smallest absolute Gasteiger partial charge is 0.271 e. The number of benzene rings is 2. The van der Waals surface area contributed by atoms with Crippen LogP contribution >= 0.6 is 0 Å². The normalized spacial score (nSPS) is 10.4. The molecule has 5 heteroatoms. The van der Waals surface area contributed by atoms with Gasteiger partial charge in [0.25, 0.3) is 5.69 Å². The topological polar surface area (TPSA) is 72.2 Å². The SMILES string of the molecule is CCCCc1ccc(CC(=O)Nc2cc([N+](=O)[O-])ccc2C)cc1. The number of aryl methyl sites for hydroxylation is 2. The highest BCUT2D eigenvalue weighted by Crippen LogP contribution is 2.22. The molecule has 2 aromatic rings. The second-order valence-electron chi connectivity index (χ2n) is 5.90. The molecule has 5 nitrogen and oxygen atoms in total. The molecule has 0 unspecified atom stereocenters. The zero-order valence-corrected chi connectivity index (χ0v) is 14.0. The second kappa shape index (κ2) is 8.24. The van der Waals surface area contributed by atoms with Gasteiger partial charge in [0, 0.05) is 12.1 Å². The molecule has 0 aliphatic rings. The maximum atomic E-state index is 12.2. The molecule has 24 heavy (non-hydrogen) atoms. The van der Waals surface area contributed by atoms with E-state index in [1.807, 2.05) is 19.1 Å². The molecule has 0 fully saturated rings. The molecule has 0 spiro atoms. The summed E-state index contributed by atoms with van der Waals surface area (Å²) in [6.07, 6.45) is 3.62. The van der Waals surface area contributed by atoms with Gasteiger partial charge in [-0.05, 0) is 36.5 Å². The van der Waals surface area contributed by atoms with E-state index in [1.165, 1.54) is 17.7 Å². The summed E-state index contributed by atoms with van der Waals surface area (Å²) in [6, 6.07) is 12.5. The van der Waals surface area contributed by atoms with E-state index < -0.39 is 4.92 Å². The van der Waals surface area contributed by atoms with Crippen LogP contribution in [0.5, 0.6) is 0 Å². The Labute approximate surface area is 141 Å². The van der Waals surface area contributed by atoms with E-state index >= 15 is 0 Å². The third-order valence-corrected chi connectivity index (χ3v) is 3.91. The lowest BCUT2D eigenvalue weighted by molar-refractivity contribution is -0.384. The van der Waals surface area contributed by atoms with Crippen molar-refractivity contribution in [2.75, 3.05) is 5.32 Å². The number of hydrogen-bond acceptors (Lipinski definition) is 3. The van der Waals surface area contributed by atoms with E-state index in [1.54, 1.807) is 6.07 Å². The number of amides is 1. The molecule has 0 saturated carbocycles. The number of nitrogens with one attached hydrogen (secondary N) is 1. The van der Waals surface area contributed by atoms with Crippen LogP contribution in [0.1, 0.15) is 36.5 Å². The first-order valence-electron chi connectivity index (χ1n) is 8.12. The predicted molar refractivity (Wildman–Crippen MR) is 95.2 cm³/mol. The Hall–Kier alpha value is -2.69. The Morgan fingerprint density at radius 1 is 1.12 bits per heavy atom. The van der Waals surface area contributed by atoms with Crippen molar-refractivity contribution in [3.8, 4) is 0 Å². The molecular weight excluding hydrogens is 304 g/mol. The summed E-state index contributed by atoms with van der Waals surface area (Å²) in [7, 11) is 0. The second-order valence-corrected chi connectivity index (χ2v) is 5.90. The van der Waals surface area contributed by atoms with Crippen LogP contribution in [-0.2, 0) is 17.6 Å². The third kappa shape index (κ3) is 4.91. The van der Waals surface area contributed by atoms with Crippen molar-refractivity contribution < 1.29 is 9.72 Å². The number of rotatable bonds is 7. The van der Waals surface area contributed by atoms with Crippen molar-refractivity contribution in [1.29, 1.82) is 0 Å². The Morgan fingerprint density at radius 3 is 2.42 bits per heavy atom. The molecule has 1 amide bonds. The largest absolute Gasteiger partial charge is 0.325 e. The zero-order valence-electron chi connectivity index (χ0n) is 14.0. The summed E-state index contributed by atoms with van der Waals surface area (Å²) in [5.41, 5.74) is 3.44. The Bertz CT molecular complexity index is 724. The molecule has 0 aromatic heterocycles. The first-order chi connectivity index (χ1) is 11.5. The summed E-state index contributed by atoms with van der Waals surface area (Å²) in [5, 5.41) is 13.6. The van der Waals surface area contributed by atoms with Crippen molar-refractivity contribution in [3.05, 3.63) is 69.3 Å². The maximum Gasteiger partial charge on any atom is 0.271 e. The van der Waals surface area contributed by atoms with Gasteiger partial charge in [-0.25, -0.2) is 0 Å². The number of nitro benzene ring substituents is 1. The Balaban J connectivity index is 2.00. The molecule has 2 rings (SSSR count). The van der Waals surface area contributed by atoms with Crippen LogP contribution in [0.2, 0.25) is 0 Å². The quantitative estimate of drug-likeness (QED) is 0.604. The standard InChI is InChI=1S/C19H22N2O3/c1-3-4-5-15-7-9-16(10-8-15)12-19(22)20-18-13-17(21(23)24)11-6-14(18)2/h6-11,13H,3-5,12H2,1-2H3,(H,20,22). The highest BCUT2D eigenvalue weighted by atomic mass is 16.6. The minimum atomic E-state index is -0.468. The van der Waals surface area contributed by atoms with Gasteiger partial charge in [0.2, 0.25) is 5.91 Å². The molecule has 0 aliphatic carbocycles. The first-order valence-corrected chi connectivity index (χ1v) is 8.12. The predicted octanol–water partition coefficient (Wildman–Crippen LogP) is 4.43. The van der Waals surface area contributed by atoms with Crippen molar-refractivity contribution in [3.63, 3.8) is 0 Å². The lowest BCUT2D eigenvalue weighted by Gasteiger charge is -2.09. The van der Waals surface area contributed by atoms with Crippen molar-refractivity contribution in [2.24, 2.45) is 0 Å². The number of unbranched alkanes of at least 4 members (excludes halogenated alkanes) is 1. The third-order valence-electron chi connectivity index (χ3n) is 3.91. The van der Waals surface area contributed by atoms with Gasteiger partial charge >= 0.3 is 0 Å². The maximum absolute atomic E-state index is 12.2. The van der Waals surface area contributed by atoms with Crippen LogP contribution in [0.3, 0.4) is 0 Å². The van der Waals surface area contributed by atoms with Crippen LogP contribution in [-0.4, -0.2) is 10.8 Å². The number of nitrogens with zero attached hydrogens (tertiary/aromatic N) is 1. The summed E-state index contributed by atoms with van der Waals surface area (Å²) in [6.45, 7) is 3.97. The van der Waals surface area contributed by atoms with Crippen molar-refractivity contribution >= 4 is 17.3 Å². The summed E-state index contributed by atoms with van der Waals surface area (Å²) < 4.78 is 0. The molecule has 0 heterocycles. The molecule has 0 radical (unpaired) electrons. The molecule has 0 atom stereocenters. The van der Waals surface area contributed by atoms with Crippen LogP contribution in [0.4, 0.5) is 11.4 Å². The summed E-state index contributed by atoms with van der Waals surface area (Å²) >= 11 is 0. The number of hydrogen-bond donors (Lipinski definition) is 1. The van der Waals surface area contributed by atoms with E-state index in [-0.39, 0.29) is 18.0 Å². The highest BCUT2D eigenvalue weighted by Gasteiger charge is 2.11. The monoisotopic (exact) mass is 326 g/mol. The lowest BCUT2D eigenvalue weighted by Crippen LogP contribution is -2.15. The minimum absolute atomic E-state index is 0.0313. The zero-order chi connectivity index (χ0) is 17.5. The van der Waals surface area contributed by atoms with Gasteiger partial charge in [-0.3, -0.25) is 14.9 Å². The fourth-order valence-electron chi connectivity index (χ4n) is 2.44. The van der Waals surface area contributed by atoms with Gasteiger partial charge in [-0.15, -0.1) is 0 Å². The molecule has 2 aromatic carbocycles. The van der Waals surface area contributed by atoms with Gasteiger partial charge in [0.1, 0.15) is 0 Å². The number of carbonyl (C=O) groups excluding carboxylic acids is 1. The fraction of sp³-hybridized carbons (Fsp3) is 0.316. The van der Waals surface area contributed by atoms with Crippen LogP contribution in [0, 0.1) is 17.0 Å². The number of nitro groups is 1. The van der Waals surface area contributed by atoms with E-state index in [0.29, 0.717) is 5.69 Å². The average molecular weight is 326 g/mol. The molecule has 0 saturated heterocycles. The molecular formula is C19H22N2O3. The van der Waals surface area contributed by atoms with E-state index in [9.17, 15) is 14.9 Å². The van der Waals surface area contributed by atoms with Gasteiger partial charge in [-0.2, -0.15) is 0 Å².